The predicted octanol–water partition coefficient (Wildman–Crippen LogP) is 5.16. The first-order valence-electron chi connectivity index (χ1n) is 11.8. The fourth-order valence-corrected chi connectivity index (χ4v) is 4.46. The van der Waals surface area contributed by atoms with Crippen LogP contribution in [0.3, 0.4) is 0 Å². The van der Waals surface area contributed by atoms with Gasteiger partial charge in [-0.15, -0.1) is 0 Å². The van der Waals surface area contributed by atoms with E-state index in [1.54, 1.807) is 7.11 Å². The van der Waals surface area contributed by atoms with Crippen LogP contribution in [-0.2, 0) is 24.2 Å². The zero-order chi connectivity index (χ0) is 23.8. The molecule has 1 aliphatic heterocycles. The largest absolute Gasteiger partial charge is 0.496 e. The Morgan fingerprint density at radius 2 is 1.91 bits per heavy atom. The Labute approximate surface area is 201 Å². The van der Waals surface area contributed by atoms with Crippen LogP contribution in [0.25, 0.3) is 0 Å². The number of nitrogens with zero attached hydrogens (tertiary/aromatic N) is 1. The second-order valence-corrected chi connectivity index (χ2v) is 8.44. The first kappa shape index (κ1) is 23.5. The number of methoxy groups -OCH3 is 1. The zero-order valence-corrected chi connectivity index (χ0v) is 19.6. The van der Waals surface area contributed by atoms with E-state index in [0.29, 0.717) is 18.8 Å². The molecule has 6 heteroatoms. The van der Waals surface area contributed by atoms with Gasteiger partial charge in [0.25, 0.3) is 0 Å². The van der Waals surface area contributed by atoms with Crippen molar-refractivity contribution in [2.45, 2.75) is 32.2 Å². The smallest absolute Gasteiger partial charge is 0.303 e. The van der Waals surface area contributed by atoms with Crippen LogP contribution in [0.15, 0.2) is 66.7 Å². The summed E-state index contributed by atoms with van der Waals surface area (Å²) in [5.41, 5.74) is 5.84. The standard InChI is InChI=1S/C28H32N2O4/c1-33-27-19-23(14-12-21(27)13-15-28(31)32)29-20-22-7-5-11-26-25(22)10-6-16-30(26)17-18-34-24-8-3-2-4-9-24/h2-5,7-9,11-12,14,19,29H,6,10,13,15-18,20H2,1H3,(H,31,32). The maximum Gasteiger partial charge on any atom is 0.303 e. The molecule has 4 rings (SSSR count). The average molecular weight is 461 g/mol. The lowest BCUT2D eigenvalue weighted by Crippen LogP contribution is -2.33. The molecule has 1 heterocycles. The number of carboxylic acids is 1. The summed E-state index contributed by atoms with van der Waals surface area (Å²) in [6.07, 6.45) is 2.74. The van der Waals surface area contributed by atoms with Gasteiger partial charge >= 0.3 is 5.97 Å². The molecular weight excluding hydrogens is 428 g/mol. The predicted molar refractivity (Wildman–Crippen MR) is 135 cm³/mol. The van der Waals surface area contributed by atoms with Gasteiger partial charge in [0.2, 0.25) is 0 Å². The van der Waals surface area contributed by atoms with Gasteiger partial charge in [-0.2, -0.15) is 0 Å². The SMILES string of the molecule is COc1cc(NCc2cccc3c2CCCN3CCOc2ccccc2)ccc1CCC(=O)O. The monoisotopic (exact) mass is 460 g/mol. The number of benzene rings is 3. The van der Waals surface area contributed by atoms with Crippen molar-refractivity contribution in [2.24, 2.45) is 0 Å². The molecule has 0 saturated carbocycles. The van der Waals surface area contributed by atoms with Gasteiger partial charge in [-0.25, -0.2) is 0 Å². The minimum absolute atomic E-state index is 0.0895. The summed E-state index contributed by atoms with van der Waals surface area (Å²) >= 11 is 0. The number of ether oxygens (including phenoxy) is 2. The maximum atomic E-state index is 10.9. The topological polar surface area (TPSA) is 71.0 Å². The van der Waals surface area contributed by atoms with E-state index in [-0.39, 0.29) is 6.42 Å². The third kappa shape index (κ3) is 6.01. The van der Waals surface area contributed by atoms with Crippen LogP contribution in [0.2, 0.25) is 0 Å². The summed E-state index contributed by atoms with van der Waals surface area (Å²) in [6, 6.07) is 22.3. The van der Waals surface area contributed by atoms with Crippen molar-refractivity contribution in [1.82, 2.24) is 0 Å². The highest BCUT2D eigenvalue weighted by Gasteiger charge is 2.19. The van der Waals surface area contributed by atoms with Crippen LogP contribution >= 0.6 is 0 Å². The molecule has 6 nitrogen and oxygen atoms in total. The Hall–Kier alpha value is -3.67. The van der Waals surface area contributed by atoms with Crippen molar-refractivity contribution < 1.29 is 19.4 Å². The summed E-state index contributed by atoms with van der Waals surface area (Å²) in [5.74, 6) is 0.812. The fourth-order valence-electron chi connectivity index (χ4n) is 4.46. The van der Waals surface area contributed by atoms with E-state index < -0.39 is 5.97 Å². The van der Waals surface area contributed by atoms with Crippen LogP contribution in [0, 0.1) is 0 Å². The molecule has 0 fully saturated rings. The van der Waals surface area contributed by atoms with E-state index in [2.05, 4.69) is 28.4 Å². The Kier molecular flexibility index (Phi) is 7.91. The molecule has 0 aromatic heterocycles. The molecule has 0 spiro atoms. The number of carboxylic acid groups (broad SMARTS) is 1. The van der Waals surface area contributed by atoms with Crippen molar-refractivity contribution in [3.8, 4) is 11.5 Å². The molecule has 0 aliphatic carbocycles. The third-order valence-corrected chi connectivity index (χ3v) is 6.20. The van der Waals surface area contributed by atoms with Gasteiger partial charge < -0.3 is 24.8 Å². The maximum absolute atomic E-state index is 10.9. The molecule has 178 valence electrons. The number of hydrogen-bond acceptors (Lipinski definition) is 5. The van der Waals surface area contributed by atoms with Crippen LogP contribution in [0.5, 0.6) is 11.5 Å². The molecule has 0 radical (unpaired) electrons. The molecule has 3 aromatic carbocycles. The van der Waals surface area contributed by atoms with Crippen molar-refractivity contribution in [3.63, 3.8) is 0 Å². The number of para-hydroxylation sites is 1. The summed E-state index contributed by atoms with van der Waals surface area (Å²) in [5, 5.41) is 12.5. The normalized spacial score (nSPS) is 12.7. The number of carbonyl (C=O) groups is 1. The molecule has 2 N–H and O–H groups in total. The first-order valence-corrected chi connectivity index (χ1v) is 11.8. The van der Waals surface area contributed by atoms with E-state index in [9.17, 15) is 4.79 Å². The van der Waals surface area contributed by atoms with Crippen molar-refractivity contribution >= 4 is 17.3 Å². The van der Waals surface area contributed by atoms with E-state index in [4.69, 9.17) is 14.6 Å². The van der Waals surface area contributed by atoms with Gasteiger partial charge in [0.1, 0.15) is 18.1 Å². The second kappa shape index (κ2) is 11.5. The lowest BCUT2D eigenvalue weighted by atomic mass is 9.96. The molecule has 0 saturated heterocycles. The van der Waals surface area contributed by atoms with Crippen LogP contribution in [-0.4, -0.2) is 37.9 Å². The molecule has 0 unspecified atom stereocenters. The Morgan fingerprint density at radius 1 is 1.06 bits per heavy atom. The van der Waals surface area contributed by atoms with Crippen molar-refractivity contribution in [1.29, 1.82) is 0 Å². The molecular formula is C28H32N2O4. The Morgan fingerprint density at radius 3 is 2.71 bits per heavy atom. The summed E-state index contributed by atoms with van der Waals surface area (Å²) in [6.45, 7) is 3.26. The molecule has 0 bridgehead atoms. The first-order chi connectivity index (χ1) is 16.6. The summed E-state index contributed by atoms with van der Waals surface area (Å²) in [4.78, 5) is 13.3. The van der Waals surface area contributed by atoms with Gasteiger partial charge in [-0.1, -0.05) is 36.4 Å². The molecule has 0 atom stereocenters. The lowest BCUT2D eigenvalue weighted by molar-refractivity contribution is -0.136. The molecule has 3 aromatic rings. The number of anilines is 2. The van der Waals surface area contributed by atoms with Crippen LogP contribution in [0.4, 0.5) is 11.4 Å². The van der Waals surface area contributed by atoms with E-state index in [0.717, 1.165) is 49.5 Å². The quantitative estimate of drug-likeness (QED) is 0.412. The van der Waals surface area contributed by atoms with Gasteiger partial charge in [0.05, 0.1) is 13.7 Å². The Bertz CT molecular complexity index is 1100. The minimum atomic E-state index is -0.807. The van der Waals surface area contributed by atoms with Crippen LogP contribution < -0.4 is 19.7 Å². The fraction of sp³-hybridized carbons (Fsp3) is 0.321. The third-order valence-electron chi connectivity index (χ3n) is 6.20. The van der Waals surface area contributed by atoms with Gasteiger partial charge in [-0.05, 0) is 60.2 Å². The number of hydrogen-bond donors (Lipinski definition) is 2. The number of aryl methyl sites for hydroxylation is 1. The molecule has 1 aliphatic rings. The summed E-state index contributed by atoms with van der Waals surface area (Å²) in [7, 11) is 1.62. The number of fused-ring (bicyclic) bond motifs is 1. The molecule has 34 heavy (non-hydrogen) atoms. The summed E-state index contributed by atoms with van der Waals surface area (Å²) < 4.78 is 11.4. The van der Waals surface area contributed by atoms with Gasteiger partial charge in [0, 0.05) is 37.0 Å². The number of nitrogens with one attached hydrogen (secondary N) is 1. The van der Waals surface area contributed by atoms with E-state index in [1.807, 2.05) is 48.5 Å². The average Bonchev–Trinajstić information content (AvgIpc) is 2.87. The highest BCUT2D eigenvalue weighted by molar-refractivity contribution is 5.67. The van der Waals surface area contributed by atoms with Crippen LogP contribution in [0.1, 0.15) is 29.5 Å². The van der Waals surface area contributed by atoms with Crippen molar-refractivity contribution in [2.75, 3.05) is 37.0 Å². The lowest BCUT2D eigenvalue weighted by Gasteiger charge is -2.32. The Balaban J connectivity index is 1.40. The highest BCUT2D eigenvalue weighted by atomic mass is 16.5. The minimum Gasteiger partial charge on any atom is -0.496 e. The van der Waals surface area contributed by atoms with E-state index >= 15 is 0 Å². The van der Waals surface area contributed by atoms with E-state index in [1.165, 1.54) is 16.8 Å². The second-order valence-electron chi connectivity index (χ2n) is 8.44. The van der Waals surface area contributed by atoms with Crippen molar-refractivity contribution in [3.05, 3.63) is 83.4 Å². The highest BCUT2D eigenvalue weighted by Crippen LogP contribution is 2.31. The van der Waals surface area contributed by atoms with Gasteiger partial charge in [0.15, 0.2) is 0 Å². The number of aliphatic carboxylic acids is 1. The molecule has 0 amide bonds. The van der Waals surface area contributed by atoms with Gasteiger partial charge in [-0.3, -0.25) is 4.79 Å². The number of rotatable bonds is 11. The zero-order valence-electron chi connectivity index (χ0n) is 19.6.